The third-order valence-corrected chi connectivity index (χ3v) is 4.90. The summed E-state index contributed by atoms with van der Waals surface area (Å²) in [5.74, 6) is 1.10. The number of rotatable bonds is 6. The fraction of sp³-hybridized carbons (Fsp3) is 0.474. The van der Waals surface area contributed by atoms with Crippen LogP contribution in [-0.4, -0.2) is 62.1 Å². The van der Waals surface area contributed by atoms with Gasteiger partial charge in [-0.15, -0.1) is 0 Å². The standard InChI is InChI=1S/C19H26N6O2/c1-14-21-15(2)25(22-14)9-8-18(26)24-11-10-23(17(13-24)19(20)27)12-16-6-4-3-5-7-16/h3-7,17H,8-13H2,1-2H3,(H2,20,27)/t17-/m1/s1. The highest BCUT2D eigenvalue weighted by Gasteiger charge is 2.32. The molecular weight excluding hydrogens is 344 g/mol. The first-order valence-electron chi connectivity index (χ1n) is 9.17. The van der Waals surface area contributed by atoms with Crippen LogP contribution in [0.2, 0.25) is 0 Å². The maximum absolute atomic E-state index is 12.6. The number of carbonyl (C=O) groups excluding carboxylic acids is 2. The van der Waals surface area contributed by atoms with Gasteiger partial charge in [0.2, 0.25) is 11.8 Å². The van der Waals surface area contributed by atoms with E-state index < -0.39 is 11.9 Å². The second kappa shape index (κ2) is 8.30. The summed E-state index contributed by atoms with van der Waals surface area (Å²) in [6.45, 7) is 6.37. The molecule has 0 spiro atoms. The zero-order valence-corrected chi connectivity index (χ0v) is 15.8. The first kappa shape index (κ1) is 19.0. The van der Waals surface area contributed by atoms with Gasteiger partial charge < -0.3 is 10.6 Å². The van der Waals surface area contributed by atoms with Crippen molar-refractivity contribution in [1.29, 1.82) is 0 Å². The van der Waals surface area contributed by atoms with E-state index in [-0.39, 0.29) is 5.91 Å². The molecule has 0 aliphatic carbocycles. The average Bonchev–Trinajstić information content (AvgIpc) is 2.98. The lowest BCUT2D eigenvalue weighted by Gasteiger charge is -2.40. The van der Waals surface area contributed by atoms with E-state index in [4.69, 9.17) is 5.73 Å². The number of benzene rings is 1. The fourth-order valence-corrected chi connectivity index (χ4v) is 3.46. The first-order valence-corrected chi connectivity index (χ1v) is 9.17. The number of amides is 2. The van der Waals surface area contributed by atoms with Crippen LogP contribution in [0.15, 0.2) is 30.3 Å². The molecule has 0 unspecified atom stereocenters. The van der Waals surface area contributed by atoms with Gasteiger partial charge in [-0.3, -0.25) is 14.5 Å². The highest BCUT2D eigenvalue weighted by molar-refractivity contribution is 5.82. The van der Waals surface area contributed by atoms with Gasteiger partial charge >= 0.3 is 0 Å². The topological polar surface area (TPSA) is 97.4 Å². The molecule has 1 aromatic heterocycles. The Morgan fingerprint density at radius 2 is 1.93 bits per heavy atom. The van der Waals surface area contributed by atoms with Crippen LogP contribution in [0.4, 0.5) is 0 Å². The van der Waals surface area contributed by atoms with Gasteiger partial charge in [-0.25, -0.2) is 9.67 Å². The molecule has 8 nitrogen and oxygen atoms in total. The zero-order valence-electron chi connectivity index (χ0n) is 15.8. The minimum atomic E-state index is -0.474. The van der Waals surface area contributed by atoms with Gasteiger partial charge in [-0.1, -0.05) is 30.3 Å². The maximum Gasteiger partial charge on any atom is 0.236 e. The number of aromatic nitrogens is 3. The molecule has 2 heterocycles. The van der Waals surface area contributed by atoms with Gasteiger partial charge in [0, 0.05) is 32.6 Å². The molecular formula is C19H26N6O2. The van der Waals surface area contributed by atoms with E-state index in [2.05, 4.69) is 10.1 Å². The van der Waals surface area contributed by atoms with Gasteiger partial charge in [0.25, 0.3) is 0 Å². The molecule has 2 N–H and O–H groups in total. The van der Waals surface area contributed by atoms with Crippen LogP contribution < -0.4 is 5.73 Å². The predicted molar refractivity (Wildman–Crippen MR) is 101 cm³/mol. The summed E-state index contributed by atoms with van der Waals surface area (Å²) in [6.07, 6.45) is 0.327. The quantitative estimate of drug-likeness (QED) is 0.798. The molecule has 1 saturated heterocycles. The molecule has 1 fully saturated rings. The van der Waals surface area contributed by atoms with Crippen LogP contribution in [0.25, 0.3) is 0 Å². The van der Waals surface area contributed by atoms with Crippen LogP contribution in [0.5, 0.6) is 0 Å². The van der Waals surface area contributed by atoms with Crippen molar-refractivity contribution in [2.45, 2.75) is 39.4 Å². The Labute approximate surface area is 159 Å². The molecule has 1 aromatic carbocycles. The molecule has 0 bridgehead atoms. The van der Waals surface area contributed by atoms with E-state index in [1.165, 1.54) is 0 Å². The molecule has 1 aliphatic heterocycles. The second-order valence-corrected chi connectivity index (χ2v) is 6.89. The number of aryl methyl sites for hydroxylation is 3. The lowest BCUT2D eigenvalue weighted by molar-refractivity contribution is -0.137. The smallest absolute Gasteiger partial charge is 0.236 e. The van der Waals surface area contributed by atoms with E-state index >= 15 is 0 Å². The third kappa shape index (κ3) is 4.71. The van der Waals surface area contributed by atoms with E-state index in [0.717, 1.165) is 11.4 Å². The van der Waals surface area contributed by atoms with Crippen molar-refractivity contribution < 1.29 is 9.59 Å². The molecule has 0 saturated carbocycles. The summed E-state index contributed by atoms with van der Waals surface area (Å²) in [6, 6.07) is 9.49. The maximum atomic E-state index is 12.6. The van der Waals surface area contributed by atoms with Crippen molar-refractivity contribution in [3.63, 3.8) is 0 Å². The largest absolute Gasteiger partial charge is 0.368 e. The zero-order chi connectivity index (χ0) is 19.4. The highest BCUT2D eigenvalue weighted by atomic mass is 16.2. The number of nitrogens with zero attached hydrogens (tertiary/aromatic N) is 5. The minimum Gasteiger partial charge on any atom is -0.368 e. The molecule has 2 amide bonds. The Kier molecular flexibility index (Phi) is 5.85. The number of nitrogens with two attached hydrogens (primary N) is 1. The van der Waals surface area contributed by atoms with E-state index in [1.54, 1.807) is 9.58 Å². The monoisotopic (exact) mass is 370 g/mol. The van der Waals surface area contributed by atoms with Crippen LogP contribution in [-0.2, 0) is 22.7 Å². The molecule has 8 heteroatoms. The van der Waals surface area contributed by atoms with Crippen LogP contribution in [0.3, 0.4) is 0 Å². The summed E-state index contributed by atoms with van der Waals surface area (Å²) >= 11 is 0. The van der Waals surface area contributed by atoms with E-state index in [9.17, 15) is 9.59 Å². The Morgan fingerprint density at radius 1 is 1.19 bits per heavy atom. The predicted octanol–water partition coefficient (Wildman–Crippen LogP) is 0.483. The number of carbonyl (C=O) groups is 2. The number of primary amides is 1. The summed E-state index contributed by atoms with van der Waals surface area (Å²) in [5, 5.41) is 4.28. The number of hydrogen-bond donors (Lipinski definition) is 1. The molecule has 144 valence electrons. The van der Waals surface area contributed by atoms with Crippen molar-refractivity contribution >= 4 is 11.8 Å². The van der Waals surface area contributed by atoms with E-state index in [0.29, 0.717) is 45.0 Å². The van der Waals surface area contributed by atoms with Crippen molar-refractivity contribution in [3.8, 4) is 0 Å². The van der Waals surface area contributed by atoms with Gasteiger partial charge in [-0.2, -0.15) is 5.10 Å². The molecule has 3 rings (SSSR count). The Hall–Kier alpha value is -2.74. The molecule has 1 aliphatic rings. The summed E-state index contributed by atoms with van der Waals surface area (Å²) in [4.78, 5) is 32.6. The molecule has 2 aromatic rings. The Bertz CT molecular complexity index is 804. The normalized spacial score (nSPS) is 17.9. The lowest BCUT2D eigenvalue weighted by atomic mass is 10.1. The first-order chi connectivity index (χ1) is 12.9. The van der Waals surface area contributed by atoms with E-state index in [1.807, 2.05) is 49.1 Å². The summed E-state index contributed by atoms with van der Waals surface area (Å²) in [7, 11) is 0. The van der Waals surface area contributed by atoms with Crippen LogP contribution in [0, 0.1) is 13.8 Å². The Balaban J connectivity index is 1.59. The van der Waals surface area contributed by atoms with Crippen LogP contribution in [0.1, 0.15) is 23.6 Å². The minimum absolute atomic E-state index is 0.00756. The van der Waals surface area contributed by atoms with Crippen molar-refractivity contribution in [2.75, 3.05) is 19.6 Å². The van der Waals surface area contributed by atoms with Gasteiger partial charge in [0.05, 0.1) is 6.54 Å². The number of piperazine rings is 1. The van der Waals surface area contributed by atoms with Crippen molar-refractivity contribution in [3.05, 3.63) is 47.5 Å². The molecule has 27 heavy (non-hydrogen) atoms. The highest BCUT2D eigenvalue weighted by Crippen LogP contribution is 2.15. The van der Waals surface area contributed by atoms with Crippen LogP contribution >= 0.6 is 0 Å². The SMILES string of the molecule is Cc1nc(C)n(CCC(=O)N2CCN(Cc3ccccc3)[C@@H](C(N)=O)C2)n1. The van der Waals surface area contributed by atoms with Crippen molar-refractivity contribution in [2.24, 2.45) is 5.73 Å². The Morgan fingerprint density at radius 3 is 2.56 bits per heavy atom. The average molecular weight is 370 g/mol. The van der Waals surface area contributed by atoms with Gasteiger partial charge in [0.1, 0.15) is 17.7 Å². The van der Waals surface area contributed by atoms with Gasteiger partial charge in [-0.05, 0) is 19.4 Å². The van der Waals surface area contributed by atoms with Gasteiger partial charge in [0.15, 0.2) is 0 Å². The molecule has 1 atom stereocenters. The summed E-state index contributed by atoms with van der Waals surface area (Å²) < 4.78 is 1.74. The summed E-state index contributed by atoms with van der Waals surface area (Å²) in [5.41, 5.74) is 6.75. The van der Waals surface area contributed by atoms with Crippen molar-refractivity contribution in [1.82, 2.24) is 24.6 Å². The molecule has 0 radical (unpaired) electrons. The third-order valence-electron chi connectivity index (χ3n) is 4.90. The second-order valence-electron chi connectivity index (χ2n) is 6.89. The lowest BCUT2D eigenvalue weighted by Crippen LogP contribution is -2.58. The fourth-order valence-electron chi connectivity index (χ4n) is 3.46. The number of hydrogen-bond acceptors (Lipinski definition) is 5.